The molecule has 0 aliphatic carbocycles. The quantitative estimate of drug-likeness (QED) is 0.798. The number of hydrogen-bond acceptors (Lipinski definition) is 3. The van der Waals surface area contributed by atoms with Crippen LogP contribution in [0, 0.1) is 0 Å². The number of nitrogens with two attached hydrogens (primary N) is 1. The molecule has 2 rings (SSSR count). The zero-order valence-corrected chi connectivity index (χ0v) is 8.60. The molecule has 15 heavy (non-hydrogen) atoms. The first kappa shape index (κ1) is 9.71. The van der Waals surface area contributed by atoms with Crippen molar-refractivity contribution in [3.63, 3.8) is 0 Å². The molecule has 0 atom stereocenters. The Hall–Kier alpha value is -1.84. The van der Waals surface area contributed by atoms with Crippen molar-refractivity contribution in [1.29, 1.82) is 0 Å². The van der Waals surface area contributed by atoms with E-state index in [9.17, 15) is 4.79 Å². The van der Waals surface area contributed by atoms with E-state index in [0.717, 1.165) is 18.5 Å². The van der Waals surface area contributed by atoms with Gasteiger partial charge >= 0.3 is 0 Å². The summed E-state index contributed by atoms with van der Waals surface area (Å²) < 4.78 is 1.42. The van der Waals surface area contributed by atoms with Gasteiger partial charge in [-0.2, -0.15) is 0 Å². The SMILES string of the molecule is CCCc1cc(=O)n2c(N)cccc2n1. The lowest BCUT2D eigenvalue weighted by Crippen LogP contribution is -2.18. The summed E-state index contributed by atoms with van der Waals surface area (Å²) in [6, 6.07) is 6.83. The Morgan fingerprint density at radius 2 is 2.27 bits per heavy atom. The maximum atomic E-state index is 11.7. The van der Waals surface area contributed by atoms with Gasteiger partial charge in [0.25, 0.3) is 5.56 Å². The number of pyridine rings is 1. The minimum Gasteiger partial charge on any atom is -0.385 e. The predicted molar refractivity (Wildman–Crippen MR) is 59.9 cm³/mol. The van der Waals surface area contributed by atoms with E-state index >= 15 is 0 Å². The summed E-state index contributed by atoms with van der Waals surface area (Å²) in [5, 5.41) is 0. The number of aromatic nitrogens is 2. The Labute approximate surface area is 87.4 Å². The molecule has 78 valence electrons. The van der Waals surface area contributed by atoms with E-state index in [0.29, 0.717) is 11.5 Å². The largest absolute Gasteiger partial charge is 0.385 e. The van der Waals surface area contributed by atoms with Gasteiger partial charge in [-0.1, -0.05) is 19.4 Å². The highest BCUT2D eigenvalue weighted by Gasteiger charge is 2.03. The molecule has 0 amide bonds. The Morgan fingerprint density at radius 3 is 3.00 bits per heavy atom. The van der Waals surface area contributed by atoms with Gasteiger partial charge in [0.1, 0.15) is 11.5 Å². The van der Waals surface area contributed by atoms with Gasteiger partial charge in [-0.25, -0.2) is 9.38 Å². The highest BCUT2D eigenvalue weighted by molar-refractivity contribution is 5.47. The molecule has 0 aliphatic heterocycles. The number of nitrogen functional groups attached to an aromatic ring is 1. The molecular weight excluding hydrogens is 190 g/mol. The van der Waals surface area contributed by atoms with Crippen LogP contribution < -0.4 is 11.3 Å². The number of fused-ring (bicyclic) bond motifs is 1. The van der Waals surface area contributed by atoms with E-state index in [1.165, 1.54) is 4.40 Å². The first-order valence-electron chi connectivity index (χ1n) is 4.99. The lowest BCUT2D eigenvalue weighted by atomic mass is 10.2. The smallest absolute Gasteiger partial charge is 0.259 e. The van der Waals surface area contributed by atoms with Crippen molar-refractivity contribution in [2.24, 2.45) is 0 Å². The monoisotopic (exact) mass is 203 g/mol. The van der Waals surface area contributed by atoms with E-state index in [1.54, 1.807) is 24.3 Å². The molecule has 4 heteroatoms. The summed E-state index contributed by atoms with van der Waals surface area (Å²) in [6.07, 6.45) is 1.80. The van der Waals surface area contributed by atoms with Crippen LogP contribution in [0.5, 0.6) is 0 Å². The van der Waals surface area contributed by atoms with Crippen LogP contribution in [-0.4, -0.2) is 9.38 Å². The average Bonchev–Trinajstić information content (AvgIpc) is 2.17. The van der Waals surface area contributed by atoms with Crippen molar-refractivity contribution in [2.75, 3.05) is 5.73 Å². The molecule has 0 aliphatic rings. The summed E-state index contributed by atoms with van der Waals surface area (Å²) in [5.41, 5.74) is 7.04. The van der Waals surface area contributed by atoms with Crippen LogP contribution in [0.15, 0.2) is 29.1 Å². The lowest BCUT2D eigenvalue weighted by Gasteiger charge is -2.05. The Kier molecular flexibility index (Phi) is 2.41. The second-order valence-electron chi connectivity index (χ2n) is 3.48. The van der Waals surface area contributed by atoms with E-state index in [-0.39, 0.29) is 5.56 Å². The van der Waals surface area contributed by atoms with Crippen LogP contribution in [0.1, 0.15) is 19.0 Å². The topological polar surface area (TPSA) is 60.4 Å². The van der Waals surface area contributed by atoms with Crippen LogP contribution in [-0.2, 0) is 6.42 Å². The van der Waals surface area contributed by atoms with Crippen molar-refractivity contribution in [2.45, 2.75) is 19.8 Å². The average molecular weight is 203 g/mol. The Bertz CT molecular complexity index is 545. The van der Waals surface area contributed by atoms with Gasteiger partial charge in [-0.15, -0.1) is 0 Å². The third-order valence-corrected chi connectivity index (χ3v) is 2.27. The van der Waals surface area contributed by atoms with Crippen molar-refractivity contribution in [3.8, 4) is 0 Å². The van der Waals surface area contributed by atoms with Crippen LogP contribution >= 0.6 is 0 Å². The Morgan fingerprint density at radius 1 is 1.47 bits per heavy atom. The van der Waals surface area contributed by atoms with Gasteiger partial charge in [-0.05, 0) is 18.6 Å². The lowest BCUT2D eigenvalue weighted by molar-refractivity contribution is 0.869. The normalized spacial score (nSPS) is 10.7. The zero-order valence-electron chi connectivity index (χ0n) is 8.60. The van der Waals surface area contributed by atoms with Crippen molar-refractivity contribution >= 4 is 11.5 Å². The van der Waals surface area contributed by atoms with E-state index in [4.69, 9.17) is 5.73 Å². The molecule has 0 spiro atoms. The third-order valence-electron chi connectivity index (χ3n) is 2.27. The molecule has 0 saturated heterocycles. The van der Waals surface area contributed by atoms with Gasteiger partial charge < -0.3 is 5.73 Å². The molecule has 2 aromatic heterocycles. The predicted octanol–water partition coefficient (Wildman–Crippen LogP) is 1.23. The van der Waals surface area contributed by atoms with Crippen molar-refractivity contribution < 1.29 is 0 Å². The second kappa shape index (κ2) is 3.73. The fraction of sp³-hybridized carbons (Fsp3) is 0.273. The fourth-order valence-corrected chi connectivity index (χ4v) is 1.61. The molecule has 0 radical (unpaired) electrons. The maximum absolute atomic E-state index is 11.7. The van der Waals surface area contributed by atoms with Gasteiger partial charge in [0.2, 0.25) is 0 Å². The van der Waals surface area contributed by atoms with Crippen molar-refractivity contribution in [1.82, 2.24) is 9.38 Å². The summed E-state index contributed by atoms with van der Waals surface area (Å²) in [5.74, 6) is 0.424. The molecule has 0 bridgehead atoms. The molecule has 0 fully saturated rings. The number of rotatable bonds is 2. The first-order valence-corrected chi connectivity index (χ1v) is 4.99. The molecule has 0 saturated carbocycles. The molecule has 2 N–H and O–H groups in total. The van der Waals surface area contributed by atoms with Gasteiger partial charge in [0, 0.05) is 11.8 Å². The minimum atomic E-state index is -0.110. The minimum absolute atomic E-state index is 0.110. The van der Waals surface area contributed by atoms with E-state index < -0.39 is 0 Å². The van der Waals surface area contributed by atoms with Crippen LogP contribution in [0.4, 0.5) is 5.82 Å². The molecular formula is C11H13N3O. The Balaban J connectivity index is 2.73. The molecule has 0 unspecified atom stereocenters. The van der Waals surface area contributed by atoms with Gasteiger partial charge in [0.05, 0.1) is 0 Å². The van der Waals surface area contributed by atoms with E-state index in [1.807, 2.05) is 0 Å². The number of hydrogen-bond donors (Lipinski definition) is 1. The number of aryl methyl sites for hydroxylation is 1. The van der Waals surface area contributed by atoms with Crippen molar-refractivity contribution in [3.05, 3.63) is 40.3 Å². The maximum Gasteiger partial charge on any atom is 0.259 e. The summed E-state index contributed by atoms with van der Waals surface area (Å²) in [7, 11) is 0. The summed E-state index contributed by atoms with van der Waals surface area (Å²) >= 11 is 0. The van der Waals surface area contributed by atoms with Gasteiger partial charge in [-0.3, -0.25) is 4.79 Å². The fourth-order valence-electron chi connectivity index (χ4n) is 1.61. The van der Waals surface area contributed by atoms with Crippen LogP contribution in [0.2, 0.25) is 0 Å². The third kappa shape index (κ3) is 1.70. The second-order valence-corrected chi connectivity index (χ2v) is 3.48. The highest BCUT2D eigenvalue weighted by Crippen LogP contribution is 2.05. The van der Waals surface area contributed by atoms with E-state index in [2.05, 4.69) is 11.9 Å². The van der Waals surface area contributed by atoms with Crippen LogP contribution in [0.3, 0.4) is 0 Å². The number of nitrogens with zero attached hydrogens (tertiary/aromatic N) is 2. The summed E-state index contributed by atoms with van der Waals surface area (Å²) in [4.78, 5) is 16.1. The molecule has 2 heterocycles. The zero-order chi connectivity index (χ0) is 10.8. The van der Waals surface area contributed by atoms with Gasteiger partial charge in [0.15, 0.2) is 0 Å². The number of anilines is 1. The molecule has 2 aromatic rings. The first-order chi connectivity index (χ1) is 7.22. The standard InChI is InChI=1S/C11H13N3O/c1-2-4-8-7-11(15)14-9(12)5-3-6-10(14)13-8/h3,5-7H,2,4,12H2,1H3. The molecule has 0 aromatic carbocycles. The summed E-state index contributed by atoms with van der Waals surface area (Å²) in [6.45, 7) is 2.06. The molecule has 4 nitrogen and oxygen atoms in total. The van der Waals surface area contributed by atoms with Crippen LogP contribution in [0.25, 0.3) is 5.65 Å². The highest BCUT2D eigenvalue weighted by atomic mass is 16.1.